The molecule has 1 amide bonds. The number of carbonyl (C=O) groups excluding carboxylic acids is 1. The normalized spacial score (nSPS) is 10.3. The molecule has 2 rings (SSSR count). The summed E-state index contributed by atoms with van der Waals surface area (Å²) >= 11 is 0. The van der Waals surface area contributed by atoms with Crippen molar-refractivity contribution in [2.75, 3.05) is 24.6 Å². The van der Waals surface area contributed by atoms with Gasteiger partial charge in [0.25, 0.3) is 5.91 Å². The number of nitrogens with one attached hydrogen (secondary N) is 1. The molecule has 0 aliphatic heterocycles. The lowest BCUT2D eigenvalue weighted by Crippen LogP contribution is -2.24. The molecule has 134 valence electrons. The molecule has 0 aliphatic carbocycles. The lowest BCUT2D eigenvalue weighted by molar-refractivity contribution is -0.123. The molecular weight excluding hydrogens is 328 g/mol. The van der Waals surface area contributed by atoms with Gasteiger partial charge < -0.3 is 9.64 Å². The van der Waals surface area contributed by atoms with Crippen LogP contribution in [0.5, 0.6) is 5.75 Å². The van der Waals surface area contributed by atoms with Crippen molar-refractivity contribution in [1.29, 1.82) is 5.26 Å². The van der Waals surface area contributed by atoms with Crippen LogP contribution < -0.4 is 15.1 Å². The summed E-state index contributed by atoms with van der Waals surface area (Å²) in [6, 6.07) is 16.7. The van der Waals surface area contributed by atoms with E-state index in [1.54, 1.807) is 30.5 Å². The molecule has 0 atom stereocenters. The fraction of sp³-hybridized carbons (Fsp3) is 0.250. The van der Waals surface area contributed by atoms with Gasteiger partial charge in [-0.25, -0.2) is 5.43 Å². The van der Waals surface area contributed by atoms with E-state index in [2.05, 4.69) is 29.3 Å². The minimum absolute atomic E-state index is 0.211. The third kappa shape index (κ3) is 5.35. The first-order valence-corrected chi connectivity index (χ1v) is 8.46. The molecule has 26 heavy (non-hydrogen) atoms. The summed E-state index contributed by atoms with van der Waals surface area (Å²) < 4.78 is 5.35. The largest absolute Gasteiger partial charge is 0.482 e. The summed E-state index contributed by atoms with van der Waals surface area (Å²) in [6.45, 7) is 5.93. The maximum Gasteiger partial charge on any atom is 0.277 e. The molecule has 0 saturated heterocycles. The van der Waals surface area contributed by atoms with Gasteiger partial charge in [0.2, 0.25) is 0 Å². The predicted molar refractivity (Wildman–Crippen MR) is 102 cm³/mol. The average molecular weight is 350 g/mol. The van der Waals surface area contributed by atoms with Gasteiger partial charge in [-0.1, -0.05) is 24.3 Å². The number of carbonyl (C=O) groups is 1. The van der Waals surface area contributed by atoms with Gasteiger partial charge >= 0.3 is 0 Å². The van der Waals surface area contributed by atoms with Crippen molar-refractivity contribution in [3.63, 3.8) is 0 Å². The molecular formula is C20H22N4O2. The van der Waals surface area contributed by atoms with E-state index < -0.39 is 5.91 Å². The molecule has 1 N–H and O–H groups in total. The van der Waals surface area contributed by atoms with Gasteiger partial charge in [-0.2, -0.15) is 10.4 Å². The molecule has 0 aliphatic rings. The fourth-order valence-electron chi connectivity index (χ4n) is 2.40. The quantitative estimate of drug-likeness (QED) is 0.586. The first-order chi connectivity index (χ1) is 12.7. The van der Waals surface area contributed by atoms with Crippen LogP contribution in [0.2, 0.25) is 0 Å². The van der Waals surface area contributed by atoms with Crippen LogP contribution in [0.25, 0.3) is 0 Å². The van der Waals surface area contributed by atoms with E-state index >= 15 is 0 Å². The van der Waals surface area contributed by atoms with Crippen molar-refractivity contribution in [3.8, 4) is 11.8 Å². The molecule has 6 heteroatoms. The van der Waals surface area contributed by atoms with E-state index in [0.29, 0.717) is 11.3 Å². The van der Waals surface area contributed by atoms with Crippen LogP contribution in [0.3, 0.4) is 0 Å². The van der Waals surface area contributed by atoms with Gasteiger partial charge in [-0.15, -0.1) is 0 Å². The van der Waals surface area contributed by atoms with Gasteiger partial charge in [0.15, 0.2) is 6.61 Å². The van der Waals surface area contributed by atoms with Crippen molar-refractivity contribution >= 4 is 17.8 Å². The molecule has 0 spiro atoms. The van der Waals surface area contributed by atoms with Crippen LogP contribution in [0.15, 0.2) is 53.6 Å². The van der Waals surface area contributed by atoms with Gasteiger partial charge in [0, 0.05) is 18.8 Å². The highest BCUT2D eigenvalue weighted by atomic mass is 16.5. The zero-order valence-electron chi connectivity index (χ0n) is 15.0. The van der Waals surface area contributed by atoms with E-state index in [1.807, 2.05) is 30.3 Å². The van der Waals surface area contributed by atoms with Gasteiger partial charge in [0.1, 0.15) is 11.8 Å². The molecule has 2 aromatic carbocycles. The van der Waals surface area contributed by atoms with E-state index in [1.165, 1.54) is 0 Å². The van der Waals surface area contributed by atoms with Crippen LogP contribution in [-0.4, -0.2) is 31.8 Å². The highest BCUT2D eigenvalue weighted by Gasteiger charge is 2.05. The highest BCUT2D eigenvalue weighted by molar-refractivity contribution is 5.83. The van der Waals surface area contributed by atoms with Crippen LogP contribution in [0.4, 0.5) is 5.69 Å². The van der Waals surface area contributed by atoms with E-state index in [9.17, 15) is 4.79 Å². The Kier molecular flexibility index (Phi) is 7.19. The Hall–Kier alpha value is -3.33. The Labute approximate surface area is 153 Å². The summed E-state index contributed by atoms with van der Waals surface area (Å²) in [4.78, 5) is 14.0. The number of hydrogen-bond acceptors (Lipinski definition) is 5. The molecule has 6 nitrogen and oxygen atoms in total. The van der Waals surface area contributed by atoms with Crippen LogP contribution in [0, 0.1) is 11.3 Å². The summed E-state index contributed by atoms with van der Waals surface area (Å²) in [7, 11) is 0. The molecule has 0 heterocycles. The minimum Gasteiger partial charge on any atom is -0.482 e. The minimum atomic E-state index is -0.395. The molecule has 0 bridgehead atoms. The van der Waals surface area contributed by atoms with Crippen molar-refractivity contribution in [2.24, 2.45) is 5.10 Å². The van der Waals surface area contributed by atoms with Gasteiger partial charge in [-0.05, 0) is 43.7 Å². The summed E-state index contributed by atoms with van der Waals surface area (Å²) in [6.07, 6.45) is 1.58. The van der Waals surface area contributed by atoms with Crippen molar-refractivity contribution in [2.45, 2.75) is 13.8 Å². The van der Waals surface area contributed by atoms with Crippen LogP contribution in [0.1, 0.15) is 25.0 Å². The average Bonchev–Trinajstić information content (AvgIpc) is 2.68. The number of nitrogens with zero attached hydrogens (tertiary/aromatic N) is 3. The smallest absolute Gasteiger partial charge is 0.277 e. The predicted octanol–water partition coefficient (Wildman–Crippen LogP) is 2.93. The van der Waals surface area contributed by atoms with Gasteiger partial charge in [-0.3, -0.25) is 4.79 Å². The van der Waals surface area contributed by atoms with Crippen molar-refractivity contribution in [1.82, 2.24) is 5.43 Å². The van der Waals surface area contributed by atoms with Crippen LogP contribution in [-0.2, 0) is 4.79 Å². The number of para-hydroxylation sites is 1. The Morgan fingerprint density at radius 3 is 2.54 bits per heavy atom. The maximum atomic E-state index is 11.8. The standard InChI is InChI=1S/C20H22N4O2/c1-3-24(4-2)18-11-9-16(10-12-18)14-22-23-20(25)15-26-19-8-6-5-7-17(19)13-21/h5-12,14H,3-4,15H2,1-2H3,(H,23,25)/b22-14-. The van der Waals surface area contributed by atoms with Crippen molar-refractivity contribution < 1.29 is 9.53 Å². The van der Waals surface area contributed by atoms with Gasteiger partial charge in [0.05, 0.1) is 11.8 Å². The first-order valence-electron chi connectivity index (χ1n) is 8.46. The summed E-state index contributed by atoms with van der Waals surface area (Å²) in [5, 5.41) is 12.9. The molecule has 0 saturated carbocycles. The molecule has 0 fully saturated rings. The molecule has 0 aromatic heterocycles. The number of benzene rings is 2. The summed E-state index contributed by atoms with van der Waals surface area (Å²) in [5.74, 6) is -0.0186. The topological polar surface area (TPSA) is 77.7 Å². The third-order valence-electron chi connectivity index (χ3n) is 3.79. The van der Waals surface area contributed by atoms with E-state index in [4.69, 9.17) is 10.00 Å². The second kappa shape index (κ2) is 9.84. The maximum absolute atomic E-state index is 11.8. The number of ether oxygens (including phenoxy) is 1. The Morgan fingerprint density at radius 1 is 1.19 bits per heavy atom. The number of hydrazone groups is 1. The SMILES string of the molecule is CCN(CC)c1ccc(/C=N\NC(=O)COc2ccccc2C#N)cc1. The molecule has 0 unspecified atom stereocenters. The zero-order valence-corrected chi connectivity index (χ0v) is 15.0. The lowest BCUT2D eigenvalue weighted by Gasteiger charge is -2.20. The highest BCUT2D eigenvalue weighted by Crippen LogP contribution is 2.16. The number of rotatable bonds is 8. The molecule has 2 aromatic rings. The Bertz CT molecular complexity index is 790. The monoisotopic (exact) mass is 350 g/mol. The number of amides is 1. The second-order valence-corrected chi connectivity index (χ2v) is 5.45. The third-order valence-corrected chi connectivity index (χ3v) is 3.79. The number of nitriles is 1. The van der Waals surface area contributed by atoms with E-state index in [-0.39, 0.29) is 6.61 Å². The van der Waals surface area contributed by atoms with Crippen LogP contribution >= 0.6 is 0 Å². The van der Waals surface area contributed by atoms with Crippen molar-refractivity contribution in [3.05, 3.63) is 59.7 Å². The first kappa shape index (κ1) is 19.0. The lowest BCUT2D eigenvalue weighted by atomic mass is 10.2. The Balaban J connectivity index is 1.84. The summed E-state index contributed by atoms with van der Waals surface area (Å²) in [5.41, 5.74) is 4.84. The molecule has 0 radical (unpaired) electrons. The van der Waals surface area contributed by atoms with E-state index in [0.717, 1.165) is 24.3 Å². The Morgan fingerprint density at radius 2 is 1.88 bits per heavy atom. The number of anilines is 1. The second-order valence-electron chi connectivity index (χ2n) is 5.45. The zero-order chi connectivity index (χ0) is 18.8. The fourth-order valence-corrected chi connectivity index (χ4v) is 2.40. The number of hydrogen-bond donors (Lipinski definition) is 1.